The number of hydrogen-bond acceptors (Lipinski definition) is 7. The van der Waals surface area contributed by atoms with Gasteiger partial charge < -0.3 is 19.9 Å². The van der Waals surface area contributed by atoms with Crippen LogP contribution >= 0.6 is 0 Å². The van der Waals surface area contributed by atoms with Crippen molar-refractivity contribution < 1.29 is 22.7 Å². The van der Waals surface area contributed by atoms with E-state index in [0.29, 0.717) is 61.9 Å². The van der Waals surface area contributed by atoms with E-state index in [9.17, 15) is 18.0 Å². The van der Waals surface area contributed by atoms with Crippen LogP contribution in [-0.4, -0.2) is 65.2 Å². The van der Waals surface area contributed by atoms with Crippen molar-refractivity contribution in [3.8, 4) is 0 Å². The number of halogens is 3. The van der Waals surface area contributed by atoms with Gasteiger partial charge >= 0.3 is 0 Å². The van der Waals surface area contributed by atoms with Crippen molar-refractivity contribution in [1.29, 1.82) is 0 Å². The largest absolute Gasteiger partial charge is 0.380 e. The van der Waals surface area contributed by atoms with Gasteiger partial charge in [0.25, 0.3) is 6.43 Å². The van der Waals surface area contributed by atoms with E-state index >= 15 is 0 Å². The summed E-state index contributed by atoms with van der Waals surface area (Å²) < 4.78 is 46.3. The predicted octanol–water partition coefficient (Wildman–Crippen LogP) is 3.88. The van der Waals surface area contributed by atoms with Gasteiger partial charge in [0.05, 0.1) is 42.5 Å². The third-order valence-corrected chi connectivity index (χ3v) is 6.70. The van der Waals surface area contributed by atoms with Gasteiger partial charge in [-0.1, -0.05) is 18.2 Å². The molecular formula is C25H27F3N6O2. The Morgan fingerprint density at radius 1 is 1.14 bits per heavy atom. The van der Waals surface area contributed by atoms with Gasteiger partial charge in [-0.05, 0) is 19.9 Å². The van der Waals surface area contributed by atoms with E-state index < -0.39 is 23.8 Å². The minimum Gasteiger partial charge on any atom is -0.380 e. The molecule has 1 aromatic carbocycles. The number of carbonyl (C=O) groups excluding carboxylic acids is 1. The Morgan fingerprint density at radius 3 is 2.53 bits per heavy atom. The number of hydrogen-bond donors (Lipinski definition) is 1. The van der Waals surface area contributed by atoms with Crippen LogP contribution < -0.4 is 10.2 Å². The molecule has 0 bridgehead atoms. The molecule has 0 aliphatic carbocycles. The number of amides is 1. The monoisotopic (exact) mass is 500 g/mol. The highest BCUT2D eigenvalue weighted by molar-refractivity contribution is 5.90. The van der Waals surface area contributed by atoms with Crippen molar-refractivity contribution in [1.82, 2.24) is 19.9 Å². The lowest BCUT2D eigenvalue weighted by Crippen LogP contribution is -2.53. The van der Waals surface area contributed by atoms with E-state index in [1.54, 1.807) is 20.0 Å². The first-order valence-electron chi connectivity index (χ1n) is 11.9. The number of aryl methyl sites for hydroxylation is 1. The Kier molecular flexibility index (Phi) is 6.65. The van der Waals surface area contributed by atoms with Crippen LogP contribution in [-0.2, 0) is 9.53 Å². The summed E-state index contributed by atoms with van der Waals surface area (Å²) in [4.78, 5) is 30.0. The van der Waals surface area contributed by atoms with Crippen molar-refractivity contribution in [2.45, 2.75) is 26.3 Å². The van der Waals surface area contributed by atoms with Crippen molar-refractivity contribution in [2.24, 2.45) is 5.92 Å². The average Bonchev–Trinajstić information content (AvgIpc) is 2.82. The normalized spacial score (nSPS) is 17.4. The van der Waals surface area contributed by atoms with E-state index in [0.717, 1.165) is 11.9 Å². The molecule has 2 aliphatic heterocycles. The summed E-state index contributed by atoms with van der Waals surface area (Å²) >= 11 is 0. The minimum atomic E-state index is -2.90. The van der Waals surface area contributed by atoms with E-state index in [1.807, 2.05) is 11.0 Å². The second-order valence-corrected chi connectivity index (χ2v) is 9.14. The number of carbonyl (C=O) groups is 1. The Hall–Kier alpha value is -3.47. The zero-order valence-electron chi connectivity index (χ0n) is 20.0. The highest BCUT2D eigenvalue weighted by atomic mass is 19.3. The van der Waals surface area contributed by atoms with Crippen LogP contribution in [0.4, 0.5) is 24.8 Å². The van der Waals surface area contributed by atoms with Gasteiger partial charge in [0, 0.05) is 37.1 Å². The first-order chi connectivity index (χ1) is 17.3. The van der Waals surface area contributed by atoms with Gasteiger partial charge in [-0.3, -0.25) is 4.79 Å². The van der Waals surface area contributed by atoms with Crippen LogP contribution in [0.3, 0.4) is 0 Å². The summed E-state index contributed by atoms with van der Waals surface area (Å²) in [6, 6.07) is 5.24. The third kappa shape index (κ3) is 4.67. The number of piperazine rings is 1. The first kappa shape index (κ1) is 24.2. The lowest BCUT2D eigenvalue weighted by atomic mass is 10.0. The standard InChI is InChI=1S/C25H27F3N6O2/c1-14(17-4-3-5-18(22(17)26)23(27)28)30-24-19-10-21(29-11-20(19)31-15(2)32-24)33-6-8-34(9-7-33)25(35)16-12-36-13-16/h3-5,10-11,14,16,23H,6-9,12-13H2,1-2H3,(H,30,31,32)/t14-/m1/s1. The third-order valence-electron chi connectivity index (χ3n) is 6.70. The Morgan fingerprint density at radius 2 is 1.86 bits per heavy atom. The molecule has 0 spiro atoms. The van der Waals surface area contributed by atoms with Crippen LogP contribution in [0, 0.1) is 18.7 Å². The molecule has 0 unspecified atom stereocenters. The first-order valence-corrected chi connectivity index (χ1v) is 11.9. The van der Waals surface area contributed by atoms with Gasteiger partial charge in [-0.15, -0.1) is 0 Å². The number of rotatable bonds is 6. The van der Waals surface area contributed by atoms with E-state index in [4.69, 9.17) is 4.74 Å². The molecule has 36 heavy (non-hydrogen) atoms. The lowest BCUT2D eigenvalue weighted by Gasteiger charge is -2.38. The van der Waals surface area contributed by atoms with Crippen molar-refractivity contribution >= 4 is 28.4 Å². The molecule has 4 heterocycles. The number of aromatic nitrogens is 3. The van der Waals surface area contributed by atoms with Crippen LogP contribution in [0.1, 0.15) is 36.3 Å². The second-order valence-electron chi connectivity index (χ2n) is 9.14. The van der Waals surface area contributed by atoms with Crippen LogP contribution in [0.15, 0.2) is 30.5 Å². The SMILES string of the molecule is Cc1nc(N[C@H](C)c2cccc(C(F)F)c2F)c2cc(N3CCN(C(=O)C4COC4)CC3)ncc2n1. The van der Waals surface area contributed by atoms with Gasteiger partial charge in [-0.2, -0.15) is 0 Å². The van der Waals surface area contributed by atoms with Crippen LogP contribution in [0.25, 0.3) is 10.9 Å². The molecule has 2 aliphatic rings. The van der Waals surface area contributed by atoms with E-state index in [-0.39, 0.29) is 17.4 Å². The van der Waals surface area contributed by atoms with E-state index in [1.165, 1.54) is 12.1 Å². The van der Waals surface area contributed by atoms with Crippen molar-refractivity contribution in [2.75, 3.05) is 49.6 Å². The summed E-state index contributed by atoms with van der Waals surface area (Å²) in [6.07, 6.45) is -1.23. The van der Waals surface area contributed by atoms with Crippen molar-refractivity contribution in [3.05, 3.63) is 53.2 Å². The molecule has 0 saturated carbocycles. The molecule has 2 fully saturated rings. The molecular weight excluding hydrogens is 473 g/mol. The quantitative estimate of drug-likeness (QED) is 0.550. The number of alkyl halides is 2. The number of anilines is 2. The fourth-order valence-electron chi connectivity index (χ4n) is 4.57. The molecule has 2 saturated heterocycles. The number of fused-ring (bicyclic) bond motifs is 1. The molecule has 1 atom stereocenters. The number of nitrogens with one attached hydrogen (secondary N) is 1. The fourth-order valence-corrected chi connectivity index (χ4v) is 4.57. The topological polar surface area (TPSA) is 83.5 Å². The molecule has 1 amide bonds. The zero-order valence-corrected chi connectivity index (χ0v) is 20.0. The fraction of sp³-hybridized carbons (Fsp3) is 0.440. The van der Waals surface area contributed by atoms with Crippen LogP contribution in [0.2, 0.25) is 0 Å². The van der Waals surface area contributed by atoms with Crippen LogP contribution in [0.5, 0.6) is 0 Å². The molecule has 0 radical (unpaired) electrons. The molecule has 2 aromatic heterocycles. The minimum absolute atomic E-state index is 0.0300. The van der Waals surface area contributed by atoms with E-state index in [2.05, 4.69) is 25.2 Å². The van der Waals surface area contributed by atoms with Gasteiger partial charge in [0.15, 0.2) is 0 Å². The number of nitrogens with zero attached hydrogens (tertiary/aromatic N) is 5. The van der Waals surface area contributed by atoms with Crippen molar-refractivity contribution in [3.63, 3.8) is 0 Å². The smallest absolute Gasteiger partial charge is 0.266 e. The highest BCUT2D eigenvalue weighted by Crippen LogP contribution is 2.31. The van der Waals surface area contributed by atoms with Gasteiger partial charge in [0.2, 0.25) is 5.91 Å². The molecule has 5 rings (SSSR count). The van der Waals surface area contributed by atoms with Gasteiger partial charge in [-0.25, -0.2) is 28.1 Å². The number of benzene rings is 1. The summed E-state index contributed by atoms with van der Waals surface area (Å²) in [5.74, 6) is 0.869. The molecule has 11 heteroatoms. The Bertz CT molecular complexity index is 1280. The number of pyridine rings is 1. The summed E-state index contributed by atoms with van der Waals surface area (Å²) in [5.41, 5.74) is 0.115. The average molecular weight is 501 g/mol. The second kappa shape index (κ2) is 9.88. The molecule has 3 aromatic rings. The molecule has 1 N–H and O–H groups in total. The predicted molar refractivity (Wildman–Crippen MR) is 129 cm³/mol. The molecule has 190 valence electrons. The Labute approximate surface area is 206 Å². The zero-order chi connectivity index (χ0) is 25.4. The summed E-state index contributed by atoms with van der Waals surface area (Å²) in [5, 5.41) is 3.87. The Balaban J connectivity index is 1.37. The highest BCUT2D eigenvalue weighted by Gasteiger charge is 2.32. The number of ether oxygens (including phenoxy) is 1. The summed E-state index contributed by atoms with van der Waals surface area (Å²) in [6.45, 7) is 6.89. The molecule has 8 nitrogen and oxygen atoms in total. The maximum Gasteiger partial charge on any atom is 0.266 e. The summed E-state index contributed by atoms with van der Waals surface area (Å²) in [7, 11) is 0. The lowest BCUT2D eigenvalue weighted by molar-refractivity contribution is -0.150. The maximum atomic E-state index is 14.7. The maximum absolute atomic E-state index is 14.7. The van der Waals surface area contributed by atoms with Gasteiger partial charge in [0.1, 0.15) is 23.3 Å².